The number of anilines is 2. The summed E-state index contributed by atoms with van der Waals surface area (Å²) in [6.07, 6.45) is 1.71. The smallest absolute Gasteiger partial charge is 0.333 e. The Hall–Kier alpha value is -3.64. The molecule has 0 radical (unpaired) electrons. The summed E-state index contributed by atoms with van der Waals surface area (Å²) < 4.78 is 6.85. The first-order valence-electron chi connectivity index (χ1n) is 12.3. The zero-order valence-electron chi connectivity index (χ0n) is 19.8. The van der Waals surface area contributed by atoms with Crippen LogP contribution < -0.4 is 11.1 Å². The largest absolute Gasteiger partial charge is 0.454 e. The first-order valence-corrected chi connectivity index (χ1v) is 12.3. The van der Waals surface area contributed by atoms with E-state index in [0.717, 1.165) is 37.2 Å². The average molecular weight is 471 g/mol. The number of ether oxygens (including phenoxy) is 1. The fourth-order valence-corrected chi connectivity index (χ4v) is 5.56. The second kappa shape index (κ2) is 9.92. The van der Waals surface area contributed by atoms with Crippen molar-refractivity contribution in [3.63, 3.8) is 0 Å². The Labute approximate surface area is 206 Å². The number of nitrogens with one attached hydrogen (secondary N) is 1. The monoisotopic (exact) mass is 470 g/mol. The SMILES string of the molecule is Nc1ccccc1C(=O)C[N+]12CCC(CC1)[C@@H](OC(=O)C(Nc1ccccc1)c1ccccc1)C2. The summed E-state index contributed by atoms with van der Waals surface area (Å²) in [6.45, 7) is 2.92. The molecule has 6 rings (SSSR count). The summed E-state index contributed by atoms with van der Waals surface area (Å²) in [6, 6.07) is 26.0. The number of piperidine rings is 3. The number of fused-ring (bicyclic) bond motifs is 3. The summed E-state index contributed by atoms with van der Waals surface area (Å²) in [5.74, 6) is 0.112. The maximum Gasteiger partial charge on any atom is 0.333 e. The molecule has 35 heavy (non-hydrogen) atoms. The number of quaternary nitrogens is 1. The Balaban J connectivity index is 1.32. The first-order chi connectivity index (χ1) is 17.0. The van der Waals surface area contributed by atoms with E-state index in [-0.39, 0.29) is 17.9 Å². The number of Topliss-reactive ketones (excluding diaryl/α,β-unsaturated/α-hetero) is 1. The van der Waals surface area contributed by atoms with Gasteiger partial charge in [-0.2, -0.15) is 0 Å². The topological polar surface area (TPSA) is 81.4 Å². The van der Waals surface area contributed by atoms with E-state index in [4.69, 9.17) is 10.5 Å². The van der Waals surface area contributed by atoms with Crippen LogP contribution in [0.1, 0.15) is 34.8 Å². The minimum absolute atomic E-state index is 0.0569. The number of rotatable bonds is 8. The van der Waals surface area contributed by atoms with E-state index in [2.05, 4.69) is 5.32 Å². The molecule has 3 N–H and O–H groups in total. The summed E-state index contributed by atoms with van der Waals surface area (Å²) in [4.78, 5) is 26.6. The number of ketones is 1. The lowest BCUT2D eigenvalue weighted by molar-refractivity contribution is -0.938. The third-order valence-electron chi connectivity index (χ3n) is 7.50. The number of carbonyl (C=O) groups is 2. The first kappa shape index (κ1) is 23.1. The van der Waals surface area contributed by atoms with Crippen molar-refractivity contribution in [1.82, 2.24) is 0 Å². The van der Waals surface area contributed by atoms with Gasteiger partial charge < -0.3 is 20.3 Å². The Morgan fingerprint density at radius 1 is 0.914 bits per heavy atom. The molecule has 3 fully saturated rings. The number of hydrogen-bond donors (Lipinski definition) is 2. The van der Waals surface area contributed by atoms with Gasteiger partial charge in [0.25, 0.3) is 0 Å². The number of para-hydroxylation sites is 2. The third-order valence-corrected chi connectivity index (χ3v) is 7.50. The summed E-state index contributed by atoms with van der Waals surface area (Å²) >= 11 is 0. The van der Waals surface area contributed by atoms with Crippen LogP contribution in [0.4, 0.5) is 11.4 Å². The number of nitrogens with zero attached hydrogens (tertiary/aromatic N) is 1. The standard InChI is InChI=1S/C29H31N3O3/c30-25-14-8-7-13-24(25)26(33)19-32-17-15-21(16-18-32)27(20-32)35-29(34)28(22-9-3-1-4-10-22)31-23-11-5-2-6-12-23/h1-14,21,27-28,31H,15-20H2,(H-,30,33)/p+1/t21?,27-,28?,32?/m0/s1. The predicted molar refractivity (Wildman–Crippen MR) is 137 cm³/mol. The normalized spacial score (nSPS) is 23.9. The molecule has 2 atom stereocenters. The van der Waals surface area contributed by atoms with E-state index in [1.54, 1.807) is 12.1 Å². The second-order valence-electron chi connectivity index (χ2n) is 9.81. The van der Waals surface area contributed by atoms with Gasteiger partial charge in [0.05, 0.1) is 13.1 Å². The predicted octanol–water partition coefficient (Wildman–Crippen LogP) is 4.46. The van der Waals surface area contributed by atoms with Crippen LogP contribution in [0.3, 0.4) is 0 Å². The Morgan fingerprint density at radius 2 is 1.54 bits per heavy atom. The lowest BCUT2D eigenvalue weighted by Gasteiger charge is -2.51. The van der Waals surface area contributed by atoms with Crippen LogP contribution in [0.5, 0.6) is 0 Å². The van der Waals surface area contributed by atoms with Gasteiger partial charge in [-0.15, -0.1) is 0 Å². The lowest BCUT2D eigenvalue weighted by Crippen LogP contribution is -2.65. The highest BCUT2D eigenvalue weighted by Gasteiger charge is 2.49. The molecule has 3 aromatic carbocycles. The van der Waals surface area contributed by atoms with Gasteiger partial charge in [0.2, 0.25) is 5.78 Å². The van der Waals surface area contributed by atoms with Crippen molar-refractivity contribution in [3.8, 4) is 0 Å². The molecule has 3 aliphatic heterocycles. The van der Waals surface area contributed by atoms with E-state index in [0.29, 0.717) is 34.7 Å². The number of benzene rings is 3. The Bertz CT molecular complexity index is 1170. The number of esters is 1. The zero-order valence-corrected chi connectivity index (χ0v) is 19.8. The maximum absolute atomic E-state index is 13.5. The molecule has 0 spiro atoms. The molecule has 3 saturated heterocycles. The van der Waals surface area contributed by atoms with Crippen LogP contribution in [-0.4, -0.2) is 48.5 Å². The average Bonchev–Trinajstić information content (AvgIpc) is 2.89. The van der Waals surface area contributed by atoms with E-state index in [1.165, 1.54) is 0 Å². The second-order valence-corrected chi connectivity index (χ2v) is 9.81. The molecule has 3 aliphatic rings. The Kier molecular flexibility index (Phi) is 6.55. The molecule has 1 unspecified atom stereocenters. The fraction of sp³-hybridized carbons (Fsp3) is 0.310. The van der Waals surface area contributed by atoms with Gasteiger partial charge in [-0.25, -0.2) is 4.79 Å². The van der Waals surface area contributed by atoms with Gasteiger partial charge in [0, 0.05) is 35.7 Å². The van der Waals surface area contributed by atoms with Gasteiger partial charge in [0.1, 0.15) is 13.1 Å². The summed E-state index contributed by atoms with van der Waals surface area (Å²) in [7, 11) is 0. The molecule has 0 aromatic heterocycles. The summed E-state index contributed by atoms with van der Waals surface area (Å²) in [5, 5.41) is 3.35. The van der Waals surface area contributed by atoms with Crippen LogP contribution in [0.2, 0.25) is 0 Å². The highest BCUT2D eigenvalue weighted by Crippen LogP contribution is 2.37. The van der Waals surface area contributed by atoms with Crippen LogP contribution in [-0.2, 0) is 9.53 Å². The van der Waals surface area contributed by atoms with Gasteiger partial charge in [-0.05, 0) is 29.8 Å². The van der Waals surface area contributed by atoms with Gasteiger partial charge in [-0.3, -0.25) is 4.79 Å². The van der Waals surface area contributed by atoms with Gasteiger partial charge in [-0.1, -0.05) is 60.7 Å². The molecule has 0 amide bonds. The molecule has 6 nitrogen and oxygen atoms in total. The molecular formula is C29H32N3O3+. The highest BCUT2D eigenvalue weighted by atomic mass is 16.5. The van der Waals surface area contributed by atoms with E-state index >= 15 is 0 Å². The van der Waals surface area contributed by atoms with Crippen LogP contribution >= 0.6 is 0 Å². The Morgan fingerprint density at radius 3 is 2.23 bits per heavy atom. The van der Waals surface area contributed by atoms with E-state index < -0.39 is 6.04 Å². The van der Waals surface area contributed by atoms with Crippen molar-refractivity contribution in [1.29, 1.82) is 0 Å². The molecule has 6 heteroatoms. The highest BCUT2D eigenvalue weighted by molar-refractivity contribution is 6.01. The van der Waals surface area contributed by atoms with Crippen molar-refractivity contribution in [2.24, 2.45) is 5.92 Å². The van der Waals surface area contributed by atoms with Crippen molar-refractivity contribution in [3.05, 3.63) is 96.1 Å². The number of nitrogen functional groups attached to an aromatic ring is 1. The minimum Gasteiger partial charge on any atom is -0.454 e. The van der Waals surface area contributed by atoms with Crippen LogP contribution in [0, 0.1) is 5.92 Å². The number of carbonyl (C=O) groups excluding carboxylic acids is 2. The van der Waals surface area contributed by atoms with Gasteiger partial charge >= 0.3 is 5.97 Å². The molecule has 0 saturated carbocycles. The van der Waals surface area contributed by atoms with Crippen molar-refractivity contribution >= 4 is 23.1 Å². The molecular weight excluding hydrogens is 438 g/mol. The van der Waals surface area contributed by atoms with E-state index in [9.17, 15) is 9.59 Å². The number of nitrogens with two attached hydrogens (primary N) is 1. The quantitative estimate of drug-likeness (QED) is 0.220. The number of hydrogen-bond acceptors (Lipinski definition) is 5. The third kappa shape index (κ3) is 5.08. The van der Waals surface area contributed by atoms with E-state index in [1.807, 2.05) is 72.8 Å². The molecule has 0 aliphatic carbocycles. The van der Waals surface area contributed by atoms with Crippen molar-refractivity contribution in [2.75, 3.05) is 37.2 Å². The minimum atomic E-state index is -0.603. The lowest BCUT2D eigenvalue weighted by atomic mass is 9.82. The molecule has 2 bridgehead atoms. The van der Waals surface area contributed by atoms with Crippen molar-refractivity contribution in [2.45, 2.75) is 25.0 Å². The van der Waals surface area contributed by atoms with Gasteiger partial charge in [0.15, 0.2) is 12.1 Å². The summed E-state index contributed by atoms with van der Waals surface area (Å²) in [5.41, 5.74) is 8.88. The van der Waals surface area contributed by atoms with Crippen LogP contribution in [0.15, 0.2) is 84.9 Å². The molecule has 3 aromatic rings. The molecule has 3 heterocycles. The van der Waals surface area contributed by atoms with Crippen molar-refractivity contribution < 1.29 is 18.8 Å². The molecule has 180 valence electrons. The fourth-order valence-electron chi connectivity index (χ4n) is 5.56. The zero-order chi connectivity index (χ0) is 24.3. The van der Waals surface area contributed by atoms with Crippen LogP contribution in [0.25, 0.3) is 0 Å². The maximum atomic E-state index is 13.5.